The van der Waals surface area contributed by atoms with Crippen LogP contribution >= 0.6 is 0 Å². The van der Waals surface area contributed by atoms with Crippen molar-refractivity contribution < 1.29 is 0 Å². The summed E-state index contributed by atoms with van der Waals surface area (Å²) >= 11 is 0. The number of hydrogen-bond acceptors (Lipinski definition) is 2. The number of fused-ring (bicyclic) bond motifs is 13. The Morgan fingerprint density at radius 3 is 1.19 bits per heavy atom. The van der Waals surface area contributed by atoms with Gasteiger partial charge in [0.1, 0.15) is 0 Å². The van der Waals surface area contributed by atoms with E-state index >= 15 is 0 Å². The molecule has 0 aliphatic heterocycles. The molecule has 4 aliphatic rings. The molecule has 11 aromatic carbocycles. The normalized spacial score (nSPS) is 16.2. The molecule has 1 atom stereocenters. The monoisotopic (exact) mass is 1000 g/mol. The smallest absolute Gasteiger partial charge is 0.0727 e. The minimum absolute atomic E-state index is 0.111. The summed E-state index contributed by atoms with van der Waals surface area (Å²) in [4.78, 5) is 5.06. The van der Waals surface area contributed by atoms with Crippen molar-refractivity contribution in [2.24, 2.45) is 0 Å². The van der Waals surface area contributed by atoms with E-state index < -0.39 is 5.41 Å². The predicted octanol–water partition coefficient (Wildman–Crippen LogP) is 20.7. The Balaban J connectivity index is 1.02. The Kier molecular flexibility index (Phi) is 10.9. The fourth-order valence-electron chi connectivity index (χ4n) is 14.5. The Bertz CT molecular complexity index is 4070. The summed E-state index contributed by atoms with van der Waals surface area (Å²) in [5, 5.41) is 0. The molecule has 374 valence electrons. The first-order chi connectivity index (χ1) is 38.5. The zero-order chi connectivity index (χ0) is 52.0. The molecule has 11 aromatic rings. The quantitative estimate of drug-likeness (QED) is 0.142. The minimum Gasteiger partial charge on any atom is -0.310 e. The summed E-state index contributed by atoms with van der Waals surface area (Å²) < 4.78 is 0. The molecule has 1 spiro atoms. The van der Waals surface area contributed by atoms with Gasteiger partial charge in [0.15, 0.2) is 0 Å². The molecule has 2 heteroatoms. The summed E-state index contributed by atoms with van der Waals surface area (Å²) in [5.41, 5.74) is 27.9. The highest BCUT2D eigenvalue weighted by atomic mass is 15.2. The number of benzene rings is 11. The molecule has 78 heavy (non-hydrogen) atoms. The maximum atomic E-state index is 2.59. The standard InChI is InChI=1S/C76H60N2/c1-75(2)67-37-21-18-34-59(67)64-46-58(44-45-68(64)75)78(56-32-16-7-17-33-56)74-50-72-66(48-63(74)54-28-12-5-13-29-54)61-36-20-23-39-70(61)76(72)69-38-22-19-35-60(69)65-47-62(53-26-10-4-11-27-53)73(49-71(65)76)77(55-30-14-6-15-31-55)57-42-40-52(41-43-57)51-24-8-3-9-25-51/h4-7,10-23,26-51H,3,8-9,24-25H2,1-2H3. The highest BCUT2D eigenvalue weighted by molar-refractivity contribution is 6.03. The largest absolute Gasteiger partial charge is 0.310 e. The zero-order valence-electron chi connectivity index (χ0n) is 44.3. The average molecular weight is 1000 g/mol. The Hall–Kier alpha value is -8.98. The van der Waals surface area contributed by atoms with Gasteiger partial charge in [0.25, 0.3) is 0 Å². The van der Waals surface area contributed by atoms with Crippen molar-refractivity contribution in [1.82, 2.24) is 0 Å². The van der Waals surface area contributed by atoms with Crippen LogP contribution in [0.1, 0.15) is 90.8 Å². The molecule has 1 saturated carbocycles. The SMILES string of the molecule is CC1(C)c2ccccc2-c2cc(N(c3ccccc3)c3cc4c(cc3-c3ccccc3)-c3ccccc3C43c4ccccc4-c4cc(-c5ccccc5)c(N(c5ccccc5)c5ccc(C6CCCCC6)cc5)cc43)ccc21. The number of anilines is 6. The van der Waals surface area contributed by atoms with Gasteiger partial charge < -0.3 is 9.80 Å². The van der Waals surface area contributed by atoms with E-state index in [2.05, 4.69) is 285 Å². The van der Waals surface area contributed by atoms with Gasteiger partial charge in [0.05, 0.1) is 16.8 Å². The molecule has 0 amide bonds. The van der Waals surface area contributed by atoms with Gasteiger partial charge in [0, 0.05) is 39.3 Å². The van der Waals surface area contributed by atoms with Gasteiger partial charge in [0.2, 0.25) is 0 Å². The Morgan fingerprint density at radius 1 is 0.295 bits per heavy atom. The average Bonchev–Trinajstić information content (AvgIpc) is 2.72. The second-order valence-electron chi connectivity index (χ2n) is 22.6. The van der Waals surface area contributed by atoms with Crippen molar-refractivity contribution in [2.45, 2.75) is 62.7 Å². The van der Waals surface area contributed by atoms with E-state index in [1.807, 2.05) is 0 Å². The van der Waals surface area contributed by atoms with Crippen LogP contribution in [0.25, 0.3) is 55.6 Å². The number of rotatable bonds is 9. The van der Waals surface area contributed by atoms with Gasteiger partial charge in [-0.25, -0.2) is 0 Å². The summed E-state index contributed by atoms with van der Waals surface area (Å²) in [6, 6.07) is 98.8. The third kappa shape index (κ3) is 7.09. The third-order valence-electron chi connectivity index (χ3n) is 18.1. The van der Waals surface area contributed by atoms with Crippen molar-refractivity contribution in [1.29, 1.82) is 0 Å². The first-order valence-corrected chi connectivity index (χ1v) is 28.2. The van der Waals surface area contributed by atoms with Crippen LogP contribution in [0.5, 0.6) is 0 Å². The van der Waals surface area contributed by atoms with Crippen LogP contribution in [-0.4, -0.2) is 0 Å². The Labute approximate surface area is 459 Å². The van der Waals surface area contributed by atoms with Crippen molar-refractivity contribution >= 4 is 34.1 Å². The van der Waals surface area contributed by atoms with Gasteiger partial charge in [-0.3, -0.25) is 0 Å². The first kappa shape index (κ1) is 46.3. The summed E-state index contributed by atoms with van der Waals surface area (Å²) in [6.45, 7) is 4.74. The molecule has 0 heterocycles. The van der Waals surface area contributed by atoms with E-state index in [0.29, 0.717) is 5.92 Å². The molecule has 0 aromatic heterocycles. The molecule has 1 fully saturated rings. The van der Waals surface area contributed by atoms with E-state index in [-0.39, 0.29) is 5.41 Å². The minimum atomic E-state index is -0.664. The molecule has 1 unspecified atom stereocenters. The van der Waals surface area contributed by atoms with Crippen LogP contribution in [0.4, 0.5) is 34.1 Å². The van der Waals surface area contributed by atoms with Gasteiger partial charge in [-0.15, -0.1) is 0 Å². The summed E-state index contributed by atoms with van der Waals surface area (Å²) in [5.74, 6) is 0.621. The molecular weight excluding hydrogens is 941 g/mol. The zero-order valence-corrected chi connectivity index (χ0v) is 44.3. The highest BCUT2D eigenvalue weighted by Gasteiger charge is 2.53. The van der Waals surface area contributed by atoms with Crippen molar-refractivity contribution in [3.05, 3.63) is 300 Å². The molecule has 4 aliphatic carbocycles. The molecule has 2 nitrogen and oxygen atoms in total. The predicted molar refractivity (Wildman–Crippen MR) is 326 cm³/mol. The second kappa shape index (κ2) is 18.4. The summed E-state index contributed by atoms with van der Waals surface area (Å²) in [6.07, 6.45) is 6.52. The van der Waals surface area contributed by atoms with Crippen LogP contribution < -0.4 is 9.80 Å². The molecule has 15 rings (SSSR count). The first-order valence-electron chi connectivity index (χ1n) is 28.2. The maximum absolute atomic E-state index is 2.59. The third-order valence-corrected chi connectivity index (χ3v) is 18.1. The summed E-state index contributed by atoms with van der Waals surface area (Å²) in [7, 11) is 0. The van der Waals surface area contributed by atoms with Gasteiger partial charge in [-0.2, -0.15) is 0 Å². The van der Waals surface area contributed by atoms with Crippen LogP contribution in [-0.2, 0) is 10.8 Å². The van der Waals surface area contributed by atoms with Gasteiger partial charge in [-0.1, -0.05) is 221 Å². The van der Waals surface area contributed by atoms with E-state index in [1.54, 1.807) is 0 Å². The molecular formula is C76H60N2. The lowest BCUT2D eigenvalue weighted by molar-refractivity contribution is 0.443. The fourth-order valence-corrected chi connectivity index (χ4v) is 14.5. The number of nitrogens with zero attached hydrogens (tertiary/aromatic N) is 2. The topological polar surface area (TPSA) is 6.48 Å². The highest BCUT2D eigenvalue weighted by Crippen LogP contribution is 2.66. The van der Waals surface area contributed by atoms with Crippen LogP contribution in [0, 0.1) is 0 Å². The van der Waals surface area contributed by atoms with Gasteiger partial charge >= 0.3 is 0 Å². The molecule has 0 radical (unpaired) electrons. The van der Waals surface area contributed by atoms with Crippen LogP contribution in [0.2, 0.25) is 0 Å². The van der Waals surface area contributed by atoms with Crippen LogP contribution in [0.15, 0.2) is 261 Å². The lowest BCUT2D eigenvalue weighted by atomic mass is 9.70. The van der Waals surface area contributed by atoms with E-state index in [4.69, 9.17) is 0 Å². The van der Waals surface area contributed by atoms with E-state index in [9.17, 15) is 0 Å². The molecule has 0 saturated heterocycles. The van der Waals surface area contributed by atoms with Crippen LogP contribution in [0.3, 0.4) is 0 Å². The second-order valence-corrected chi connectivity index (χ2v) is 22.6. The van der Waals surface area contributed by atoms with E-state index in [1.165, 1.54) is 127 Å². The fraction of sp³-hybridized carbons (Fsp3) is 0.132. The van der Waals surface area contributed by atoms with E-state index in [0.717, 1.165) is 34.1 Å². The number of hydrogen-bond donors (Lipinski definition) is 0. The molecule has 0 N–H and O–H groups in total. The Morgan fingerprint density at radius 2 is 0.679 bits per heavy atom. The van der Waals surface area contributed by atoms with Crippen molar-refractivity contribution in [3.63, 3.8) is 0 Å². The van der Waals surface area contributed by atoms with Gasteiger partial charge in [-0.05, 0) is 175 Å². The number of para-hydroxylation sites is 2. The molecule has 0 bridgehead atoms. The lowest BCUT2D eigenvalue weighted by Gasteiger charge is -2.35. The lowest BCUT2D eigenvalue weighted by Crippen LogP contribution is -2.27. The van der Waals surface area contributed by atoms with Crippen molar-refractivity contribution in [3.8, 4) is 55.6 Å². The van der Waals surface area contributed by atoms with Crippen molar-refractivity contribution in [2.75, 3.05) is 9.80 Å². The maximum Gasteiger partial charge on any atom is 0.0727 e.